The van der Waals surface area contributed by atoms with Crippen molar-refractivity contribution in [2.24, 2.45) is 0 Å². The zero-order valence-corrected chi connectivity index (χ0v) is 19.7. The molecule has 0 spiro atoms. The minimum Gasteiger partial charge on any atom is -0.539 e. The molecule has 0 saturated heterocycles. The molecular weight excluding hydrogens is 512 g/mol. The van der Waals surface area contributed by atoms with Crippen LogP contribution in [0.3, 0.4) is 0 Å². The Balaban J connectivity index is 1.51. The van der Waals surface area contributed by atoms with Crippen molar-refractivity contribution in [3.8, 4) is 11.6 Å². The first-order valence-electron chi connectivity index (χ1n) is 9.63. The summed E-state index contributed by atoms with van der Waals surface area (Å²) in [7, 11) is 0. The van der Waals surface area contributed by atoms with Gasteiger partial charge in [0.05, 0.1) is 11.0 Å². The Morgan fingerprint density at radius 2 is 1.88 bits per heavy atom. The standard InChI is InChI=1S/C21H17BrN6O4S/c1-12-2-8-15(9-3-12)28-18(20(31)32-26-28)17(29)11-33-21-25-24-16(19(30)27(21)23)10-13-4-6-14(22)7-5-13/h2-9H,10-11,23H2,1H3. The zero-order valence-electron chi connectivity index (χ0n) is 17.3. The van der Waals surface area contributed by atoms with Crippen LogP contribution in [0.1, 0.15) is 27.3 Å². The van der Waals surface area contributed by atoms with Crippen LogP contribution >= 0.6 is 27.7 Å². The molecule has 10 nitrogen and oxygen atoms in total. The molecule has 168 valence electrons. The van der Waals surface area contributed by atoms with Crippen LogP contribution in [0, 0.1) is 6.92 Å². The van der Waals surface area contributed by atoms with Gasteiger partial charge >= 0.3 is 5.69 Å². The van der Waals surface area contributed by atoms with Gasteiger partial charge in [-0.3, -0.25) is 9.59 Å². The molecule has 33 heavy (non-hydrogen) atoms. The minimum absolute atomic E-state index is 0.0405. The molecule has 0 bridgehead atoms. The van der Waals surface area contributed by atoms with Crippen LogP contribution in [0.25, 0.3) is 5.69 Å². The van der Waals surface area contributed by atoms with E-state index in [1.165, 1.54) is 0 Å². The van der Waals surface area contributed by atoms with Crippen LogP contribution in [0.5, 0.6) is 5.95 Å². The van der Waals surface area contributed by atoms with Crippen molar-refractivity contribution in [1.29, 1.82) is 0 Å². The van der Waals surface area contributed by atoms with Gasteiger partial charge in [0.2, 0.25) is 16.6 Å². The van der Waals surface area contributed by atoms with E-state index in [4.69, 9.17) is 10.4 Å². The highest BCUT2D eigenvalue weighted by Gasteiger charge is 2.28. The Morgan fingerprint density at radius 1 is 1.18 bits per heavy atom. The highest BCUT2D eigenvalue weighted by atomic mass is 79.9. The number of ketones is 1. The Kier molecular flexibility index (Phi) is 6.56. The largest absolute Gasteiger partial charge is 0.539 e. The zero-order chi connectivity index (χ0) is 23.5. The predicted molar refractivity (Wildman–Crippen MR) is 121 cm³/mol. The third-order valence-electron chi connectivity index (χ3n) is 4.70. The summed E-state index contributed by atoms with van der Waals surface area (Å²) in [6.07, 6.45) is 0.261. The monoisotopic (exact) mass is 528 g/mol. The van der Waals surface area contributed by atoms with Crippen molar-refractivity contribution in [2.45, 2.75) is 18.5 Å². The van der Waals surface area contributed by atoms with E-state index < -0.39 is 17.3 Å². The molecule has 4 aromatic rings. The molecule has 4 rings (SSSR count). The maximum absolute atomic E-state index is 12.8. The number of hydrogen-bond acceptors (Lipinski definition) is 9. The lowest BCUT2D eigenvalue weighted by molar-refractivity contribution is -0.672. The third kappa shape index (κ3) is 4.96. The first kappa shape index (κ1) is 22.7. The molecule has 0 aliphatic rings. The SMILES string of the molecule is Cc1ccc(-[n+]2noc([O-])c2C(=O)CSc2nnc(Cc3ccc(Br)cc3)c(=O)n2N)cc1. The summed E-state index contributed by atoms with van der Waals surface area (Å²) < 4.78 is 7.60. The summed E-state index contributed by atoms with van der Waals surface area (Å²) in [5, 5.41) is 23.8. The molecule has 0 aliphatic carbocycles. The molecule has 0 unspecified atom stereocenters. The van der Waals surface area contributed by atoms with Gasteiger partial charge in [0.1, 0.15) is 5.69 Å². The highest BCUT2D eigenvalue weighted by Crippen LogP contribution is 2.18. The van der Waals surface area contributed by atoms with Gasteiger partial charge in [-0.15, -0.1) is 10.2 Å². The van der Waals surface area contributed by atoms with Crippen molar-refractivity contribution in [3.63, 3.8) is 0 Å². The van der Waals surface area contributed by atoms with E-state index in [-0.39, 0.29) is 28.7 Å². The molecule has 12 heteroatoms. The molecule has 0 amide bonds. The van der Waals surface area contributed by atoms with E-state index in [0.717, 1.165) is 36.7 Å². The second-order valence-electron chi connectivity index (χ2n) is 7.08. The van der Waals surface area contributed by atoms with Crippen molar-refractivity contribution < 1.29 is 19.1 Å². The predicted octanol–water partition coefficient (Wildman–Crippen LogP) is 1.33. The van der Waals surface area contributed by atoms with Gasteiger partial charge in [0.15, 0.2) is 5.95 Å². The third-order valence-corrected chi connectivity index (χ3v) is 6.17. The number of hydrogen-bond donors (Lipinski definition) is 1. The fraction of sp³-hybridized carbons (Fsp3) is 0.143. The van der Waals surface area contributed by atoms with Crippen molar-refractivity contribution in [3.05, 3.63) is 85.9 Å². The van der Waals surface area contributed by atoms with Gasteiger partial charge < -0.3 is 15.5 Å². The number of benzene rings is 2. The second-order valence-corrected chi connectivity index (χ2v) is 8.93. The average Bonchev–Trinajstić information content (AvgIpc) is 3.19. The van der Waals surface area contributed by atoms with Crippen molar-refractivity contribution in [2.75, 3.05) is 11.6 Å². The number of nitrogens with zero attached hydrogens (tertiary/aromatic N) is 5. The lowest BCUT2D eigenvalue weighted by Gasteiger charge is -2.07. The summed E-state index contributed by atoms with van der Waals surface area (Å²) >= 11 is 4.25. The summed E-state index contributed by atoms with van der Waals surface area (Å²) in [6.45, 7) is 1.91. The van der Waals surface area contributed by atoms with E-state index in [2.05, 4.69) is 31.4 Å². The lowest BCUT2D eigenvalue weighted by atomic mass is 10.1. The van der Waals surface area contributed by atoms with Crippen LogP contribution in [0.4, 0.5) is 0 Å². The molecular formula is C21H17BrN6O4S. The van der Waals surface area contributed by atoms with E-state index >= 15 is 0 Å². The van der Waals surface area contributed by atoms with Crippen molar-refractivity contribution >= 4 is 33.5 Å². The molecule has 2 aromatic heterocycles. The van der Waals surface area contributed by atoms with Gasteiger partial charge in [-0.2, -0.15) is 4.68 Å². The first-order chi connectivity index (χ1) is 15.8. The molecule has 0 fully saturated rings. The van der Waals surface area contributed by atoms with Crippen LogP contribution in [-0.4, -0.2) is 31.7 Å². The van der Waals surface area contributed by atoms with Gasteiger partial charge in [-0.25, -0.2) is 0 Å². The fourth-order valence-corrected chi connectivity index (χ4v) is 3.95. The minimum atomic E-state index is -0.859. The molecule has 2 heterocycles. The molecule has 0 atom stereocenters. The Bertz CT molecular complexity index is 1370. The number of carbonyl (C=O) groups is 1. The first-order valence-corrected chi connectivity index (χ1v) is 11.4. The van der Waals surface area contributed by atoms with E-state index in [0.29, 0.717) is 5.69 Å². The Labute approximate surface area is 200 Å². The maximum Gasteiger partial charge on any atom is 0.307 e. The number of Topliss-reactive ketones (excluding diaryl/α,β-unsaturated/α-hetero) is 1. The average molecular weight is 529 g/mol. The van der Waals surface area contributed by atoms with Gasteiger partial charge in [-0.1, -0.05) is 57.5 Å². The summed E-state index contributed by atoms with van der Waals surface area (Å²) in [5.74, 6) is 4.26. The lowest BCUT2D eigenvalue weighted by Crippen LogP contribution is -2.39. The number of nitrogen functional groups attached to an aromatic ring is 1. The maximum atomic E-state index is 12.8. The summed E-state index contributed by atoms with van der Waals surface area (Å²) in [6, 6.07) is 14.5. The number of aryl methyl sites for hydroxylation is 1. The van der Waals surface area contributed by atoms with Crippen LogP contribution in [0.15, 0.2) is 67.5 Å². The van der Waals surface area contributed by atoms with Gasteiger partial charge in [-0.05, 0) is 29.3 Å². The number of rotatable bonds is 7. The van der Waals surface area contributed by atoms with Gasteiger partial charge in [0, 0.05) is 23.0 Å². The number of thioether (sulfide) groups is 1. The number of nitrogens with two attached hydrogens (primary N) is 1. The quantitative estimate of drug-likeness (QED) is 0.162. The van der Waals surface area contributed by atoms with E-state index in [9.17, 15) is 14.7 Å². The summed E-state index contributed by atoms with van der Waals surface area (Å²) in [4.78, 5) is 25.4. The fourth-order valence-electron chi connectivity index (χ4n) is 2.97. The molecule has 0 aliphatic heterocycles. The molecule has 0 saturated carbocycles. The number of aromatic nitrogens is 5. The normalized spacial score (nSPS) is 11.0. The van der Waals surface area contributed by atoms with E-state index in [1.807, 2.05) is 43.3 Å². The van der Waals surface area contributed by atoms with Crippen LogP contribution < -0.4 is 21.2 Å². The Hall–Kier alpha value is -3.51. The second kappa shape index (κ2) is 9.55. The van der Waals surface area contributed by atoms with Gasteiger partial charge in [0.25, 0.3) is 5.56 Å². The number of carbonyl (C=O) groups excluding carboxylic acids is 1. The molecule has 0 radical (unpaired) electrons. The number of halogens is 1. The van der Waals surface area contributed by atoms with Crippen molar-refractivity contribution in [1.82, 2.24) is 20.1 Å². The van der Waals surface area contributed by atoms with Crippen LogP contribution in [0.2, 0.25) is 0 Å². The molecule has 2 N–H and O–H groups in total. The smallest absolute Gasteiger partial charge is 0.307 e. The molecule has 2 aromatic carbocycles. The van der Waals surface area contributed by atoms with Crippen LogP contribution in [-0.2, 0) is 6.42 Å². The highest BCUT2D eigenvalue weighted by molar-refractivity contribution is 9.10. The Morgan fingerprint density at radius 3 is 2.58 bits per heavy atom. The summed E-state index contributed by atoms with van der Waals surface area (Å²) in [5.41, 5.74) is 1.80. The topological polar surface area (TPSA) is 144 Å². The van der Waals surface area contributed by atoms with E-state index in [1.54, 1.807) is 12.1 Å².